The number of hydrogen-bond acceptors (Lipinski definition) is 0. The fourth-order valence-corrected chi connectivity index (χ4v) is 2.75. The quantitative estimate of drug-likeness (QED) is 0.578. The van der Waals surface area contributed by atoms with Crippen LogP contribution in [0.2, 0.25) is 0 Å². The van der Waals surface area contributed by atoms with Crippen LogP contribution in [0.4, 0.5) is 0 Å². The molecule has 1 rings (SSSR count). The average molecular weight is 168 g/mol. The van der Waals surface area contributed by atoms with Crippen molar-refractivity contribution in [1.82, 2.24) is 0 Å². The Balaban J connectivity index is 2.83. The molecule has 0 N–H and O–H groups in total. The second-order valence-corrected chi connectivity index (χ2v) is 5.45. The second-order valence-electron chi connectivity index (χ2n) is 5.45. The minimum absolute atomic E-state index is 0.531. The summed E-state index contributed by atoms with van der Waals surface area (Å²) in [6, 6.07) is 0. The lowest BCUT2D eigenvalue weighted by atomic mass is 9.60. The van der Waals surface area contributed by atoms with Gasteiger partial charge >= 0.3 is 0 Å². The van der Waals surface area contributed by atoms with Crippen molar-refractivity contribution in [2.24, 2.45) is 16.7 Å². The minimum atomic E-state index is 0.531. The van der Waals surface area contributed by atoms with E-state index in [9.17, 15) is 0 Å². The Kier molecular flexibility index (Phi) is 2.56. The lowest BCUT2D eigenvalue weighted by molar-refractivity contribution is 0.0479. The van der Waals surface area contributed by atoms with Crippen LogP contribution in [0.25, 0.3) is 0 Å². The third-order valence-electron chi connectivity index (χ3n) is 4.85. The zero-order valence-electron chi connectivity index (χ0n) is 9.41. The van der Waals surface area contributed by atoms with Crippen LogP contribution in [-0.4, -0.2) is 0 Å². The van der Waals surface area contributed by atoms with Crippen molar-refractivity contribution in [1.29, 1.82) is 0 Å². The van der Waals surface area contributed by atoms with Gasteiger partial charge in [-0.2, -0.15) is 0 Å². The van der Waals surface area contributed by atoms with Crippen molar-refractivity contribution in [2.45, 2.75) is 60.3 Å². The normalized spacial score (nSPS) is 37.2. The van der Waals surface area contributed by atoms with E-state index in [1.165, 1.54) is 25.7 Å². The molecule has 1 saturated carbocycles. The van der Waals surface area contributed by atoms with Crippen LogP contribution in [0, 0.1) is 16.7 Å². The van der Waals surface area contributed by atoms with Crippen LogP contribution in [0.5, 0.6) is 0 Å². The first-order valence-electron chi connectivity index (χ1n) is 5.44. The molecule has 0 spiro atoms. The summed E-state index contributed by atoms with van der Waals surface area (Å²) in [6.07, 6.45) is 5.64. The molecule has 0 nitrogen and oxygen atoms in total. The molecule has 0 radical (unpaired) electrons. The summed E-state index contributed by atoms with van der Waals surface area (Å²) in [4.78, 5) is 0. The van der Waals surface area contributed by atoms with Crippen molar-refractivity contribution < 1.29 is 0 Å². The van der Waals surface area contributed by atoms with Gasteiger partial charge < -0.3 is 0 Å². The van der Waals surface area contributed by atoms with E-state index in [0.717, 1.165) is 5.92 Å². The van der Waals surface area contributed by atoms with E-state index in [0.29, 0.717) is 10.8 Å². The summed E-state index contributed by atoms with van der Waals surface area (Å²) >= 11 is 0. The van der Waals surface area contributed by atoms with Gasteiger partial charge in [0.25, 0.3) is 0 Å². The zero-order chi connectivity index (χ0) is 9.41. The molecule has 0 aromatic rings. The zero-order valence-corrected chi connectivity index (χ0v) is 9.41. The molecule has 1 aliphatic rings. The van der Waals surface area contributed by atoms with Crippen LogP contribution < -0.4 is 0 Å². The van der Waals surface area contributed by atoms with Gasteiger partial charge in [0.1, 0.15) is 0 Å². The molecule has 0 heteroatoms. The summed E-state index contributed by atoms with van der Waals surface area (Å²) in [7, 11) is 0. The van der Waals surface area contributed by atoms with E-state index in [-0.39, 0.29) is 0 Å². The number of hydrogen-bond donors (Lipinski definition) is 0. The lowest BCUT2D eigenvalue weighted by Gasteiger charge is -2.44. The van der Waals surface area contributed by atoms with Gasteiger partial charge in [-0.15, -0.1) is 0 Å². The molecule has 1 aliphatic carbocycles. The predicted molar refractivity (Wildman–Crippen MR) is 55.2 cm³/mol. The first-order valence-corrected chi connectivity index (χ1v) is 5.44. The van der Waals surface area contributed by atoms with E-state index >= 15 is 0 Å². The maximum atomic E-state index is 2.49. The van der Waals surface area contributed by atoms with Gasteiger partial charge in [-0.05, 0) is 23.2 Å². The highest BCUT2D eigenvalue weighted by molar-refractivity contribution is 4.95. The molecule has 0 amide bonds. The third-order valence-corrected chi connectivity index (χ3v) is 4.85. The number of rotatable bonds is 2. The van der Waals surface area contributed by atoms with Gasteiger partial charge in [0.15, 0.2) is 0 Å². The van der Waals surface area contributed by atoms with Crippen LogP contribution in [0.15, 0.2) is 0 Å². The molecular formula is C12H24. The van der Waals surface area contributed by atoms with Crippen molar-refractivity contribution in [3.05, 3.63) is 0 Å². The molecule has 2 unspecified atom stereocenters. The van der Waals surface area contributed by atoms with Crippen LogP contribution >= 0.6 is 0 Å². The van der Waals surface area contributed by atoms with Gasteiger partial charge in [-0.25, -0.2) is 0 Å². The minimum Gasteiger partial charge on any atom is -0.0649 e. The first-order chi connectivity index (χ1) is 5.44. The largest absolute Gasteiger partial charge is 0.0649 e. The summed E-state index contributed by atoms with van der Waals surface area (Å²) < 4.78 is 0. The molecule has 0 bridgehead atoms. The molecule has 0 aromatic heterocycles. The summed E-state index contributed by atoms with van der Waals surface area (Å²) in [5.74, 6) is 0.924. The SMILES string of the molecule is CCC(C)(C)C1(C)CCCC1C. The van der Waals surface area contributed by atoms with Crippen molar-refractivity contribution in [2.75, 3.05) is 0 Å². The molecule has 72 valence electrons. The highest BCUT2D eigenvalue weighted by Crippen LogP contribution is 2.55. The second kappa shape index (κ2) is 3.05. The Hall–Kier alpha value is 0. The van der Waals surface area contributed by atoms with E-state index in [2.05, 4.69) is 34.6 Å². The van der Waals surface area contributed by atoms with Gasteiger partial charge in [-0.1, -0.05) is 53.9 Å². The Morgan fingerprint density at radius 1 is 1.42 bits per heavy atom. The fourth-order valence-electron chi connectivity index (χ4n) is 2.75. The van der Waals surface area contributed by atoms with Crippen molar-refractivity contribution in [3.63, 3.8) is 0 Å². The van der Waals surface area contributed by atoms with Gasteiger partial charge in [0, 0.05) is 0 Å². The third kappa shape index (κ3) is 1.30. The first kappa shape index (κ1) is 10.1. The maximum Gasteiger partial charge on any atom is -0.0249 e. The molecule has 0 aliphatic heterocycles. The molecule has 0 saturated heterocycles. The highest BCUT2D eigenvalue weighted by atomic mass is 14.5. The molecule has 2 atom stereocenters. The lowest BCUT2D eigenvalue weighted by Crippen LogP contribution is -2.36. The van der Waals surface area contributed by atoms with Crippen molar-refractivity contribution in [3.8, 4) is 0 Å². The standard InChI is InChI=1S/C12H24/c1-6-11(3,4)12(5)9-7-8-10(12)2/h10H,6-9H2,1-5H3. The molecule has 0 aromatic carbocycles. The Labute approximate surface area is 77.7 Å². The smallest absolute Gasteiger partial charge is 0.0249 e. The molecular weight excluding hydrogens is 144 g/mol. The Morgan fingerprint density at radius 2 is 2.00 bits per heavy atom. The molecule has 1 fully saturated rings. The summed E-state index contributed by atoms with van der Waals surface area (Å²) in [6.45, 7) is 12.1. The molecule has 0 heterocycles. The summed E-state index contributed by atoms with van der Waals surface area (Å²) in [5, 5.41) is 0. The fraction of sp³-hybridized carbons (Fsp3) is 1.00. The topological polar surface area (TPSA) is 0 Å². The van der Waals surface area contributed by atoms with E-state index < -0.39 is 0 Å². The average Bonchev–Trinajstić information content (AvgIpc) is 2.34. The van der Waals surface area contributed by atoms with Crippen molar-refractivity contribution >= 4 is 0 Å². The Morgan fingerprint density at radius 3 is 2.33 bits per heavy atom. The Bertz CT molecular complexity index is 157. The van der Waals surface area contributed by atoms with Gasteiger partial charge in [0.2, 0.25) is 0 Å². The van der Waals surface area contributed by atoms with Gasteiger partial charge in [-0.3, -0.25) is 0 Å². The van der Waals surface area contributed by atoms with E-state index in [4.69, 9.17) is 0 Å². The monoisotopic (exact) mass is 168 g/mol. The predicted octanol–water partition coefficient (Wildman–Crippen LogP) is 4.25. The highest BCUT2D eigenvalue weighted by Gasteiger charge is 2.46. The van der Waals surface area contributed by atoms with E-state index in [1.807, 2.05) is 0 Å². The maximum absolute atomic E-state index is 2.49. The van der Waals surface area contributed by atoms with E-state index in [1.54, 1.807) is 0 Å². The van der Waals surface area contributed by atoms with Gasteiger partial charge in [0.05, 0.1) is 0 Å². The summed E-state index contributed by atoms with van der Waals surface area (Å²) in [5.41, 5.74) is 1.13. The van der Waals surface area contributed by atoms with Crippen LogP contribution in [0.3, 0.4) is 0 Å². The van der Waals surface area contributed by atoms with Crippen LogP contribution in [0.1, 0.15) is 60.3 Å². The van der Waals surface area contributed by atoms with Crippen LogP contribution in [-0.2, 0) is 0 Å². The molecule has 12 heavy (non-hydrogen) atoms.